The minimum atomic E-state index is -0.0756. The minimum Gasteiger partial charge on any atom is -0.381 e. The van der Waals surface area contributed by atoms with Gasteiger partial charge >= 0.3 is 0 Å². The first-order valence-corrected chi connectivity index (χ1v) is 7.16. The summed E-state index contributed by atoms with van der Waals surface area (Å²) in [6, 6.07) is 0. The zero-order chi connectivity index (χ0) is 15.0. The van der Waals surface area contributed by atoms with Gasteiger partial charge in [-0.15, -0.1) is 0 Å². The summed E-state index contributed by atoms with van der Waals surface area (Å²) in [5.74, 6) is 0. The highest BCUT2D eigenvalue weighted by Crippen LogP contribution is 2.27. The Bertz CT molecular complexity index is 697. The number of likely N-dealkylation sites (N-methyl/N-ethyl adjacent to an activating group) is 1. The molecule has 1 fully saturated rings. The second-order valence-corrected chi connectivity index (χ2v) is 5.95. The zero-order valence-corrected chi connectivity index (χ0v) is 12.7. The highest BCUT2D eigenvalue weighted by Gasteiger charge is 2.35. The van der Waals surface area contributed by atoms with Crippen molar-refractivity contribution in [3.8, 4) is 0 Å². The van der Waals surface area contributed by atoms with E-state index in [1.807, 2.05) is 0 Å². The average Bonchev–Trinajstić information content (AvgIpc) is 2.84. The molecule has 0 aromatic carbocycles. The predicted molar refractivity (Wildman–Crippen MR) is 79.2 cm³/mol. The van der Waals surface area contributed by atoms with Crippen molar-refractivity contribution in [2.75, 3.05) is 27.3 Å². The Labute approximate surface area is 123 Å². The highest BCUT2D eigenvalue weighted by molar-refractivity contribution is 5.71. The Kier molecular flexibility index (Phi) is 3.54. The molecule has 0 amide bonds. The summed E-state index contributed by atoms with van der Waals surface area (Å²) >= 11 is 0. The lowest BCUT2D eigenvalue weighted by atomic mass is 9.88. The standard InChI is InChI=1S/C14H21N5O2/c1-17(2)14(4-6-21-7-5-14)9-19-10-15-11-8-18(3)16-12(11)13(19)20/h8,10H,4-7,9H2,1-3H3. The van der Waals surface area contributed by atoms with E-state index in [4.69, 9.17) is 4.74 Å². The molecule has 7 nitrogen and oxygen atoms in total. The molecule has 3 rings (SSSR count). The van der Waals surface area contributed by atoms with Crippen molar-refractivity contribution in [1.82, 2.24) is 24.2 Å². The summed E-state index contributed by atoms with van der Waals surface area (Å²) in [6.45, 7) is 2.07. The van der Waals surface area contributed by atoms with E-state index in [1.165, 1.54) is 0 Å². The van der Waals surface area contributed by atoms with Crippen molar-refractivity contribution in [1.29, 1.82) is 0 Å². The Morgan fingerprint density at radius 2 is 2.10 bits per heavy atom. The molecule has 21 heavy (non-hydrogen) atoms. The van der Waals surface area contributed by atoms with Crippen LogP contribution >= 0.6 is 0 Å². The van der Waals surface area contributed by atoms with E-state index in [0.717, 1.165) is 26.1 Å². The molecule has 0 N–H and O–H groups in total. The summed E-state index contributed by atoms with van der Waals surface area (Å²) < 4.78 is 8.78. The summed E-state index contributed by atoms with van der Waals surface area (Å²) in [7, 11) is 5.91. The normalized spacial score (nSPS) is 18.5. The molecule has 0 radical (unpaired) electrons. The smallest absolute Gasteiger partial charge is 0.281 e. The lowest BCUT2D eigenvalue weighted by molar-refractivity contribution is -0.0171. The van der Waals surface area contributed by atoms with E-state index < -0.39 is 0 Å². The molecule has 2 aromatic heterocycles. The van der Waals surface area contributed by atoms with Gasteiger partial charge in [-0.1, -0.05) is 0 Å². The number of hydrogen-bond donors (Lipinski definition) is 0. The van der Waals surface area contributed by atoms with Crippen LogP contribution in [0.2, 0.25) is 0 Å². The minimum absolute atomic E-state index is 0.0633. The quantitative estimate of drug-likeness (QED) is 0.810. The van der Waals surface area contributed by atoms with Crippen LogP contribution in [0.3, 0.4) is 0 Å². The van der Waals surface area contributed by atoms with Crippen LogP contribution in [0.15, 0.2) is 17.3 Å². The van der Waals surface area contributed by atoms with E-state index in [0.29, 0.717) is 17.6 Å². The van der Waals surface area contributed by atoms with E-state index in [-0.39, 0.29) is 11.1 Å². The third-order valence-electron chi connectivity index (χ3n) is 4.45. The first-order chi connectivity index (χ1) is 10.0. The fourth-order valence-electron chi connectivity index (χ4n) is 2.97. The lowest BCUT2D eigenvalue weighted by Crippen LogP contribution is -2.52. The van der Waals surface area contributed by atoms with Gasteiger partial charge in [0.15, 0.2) is 5.52 Å². The van der Waals surface area contributed by atoms with Crippen molar-refractivity contribution in [2.24, 2.45) is 7.05 Å². The predicted octanol–water partition coefficient (Wildman–Crippen LogP) is 0.241. The van der Waals surface area contributed by atoms with Gasteiger partial charge in [-0.25, -0.2) is 4.98 Å². The Morgan fingerprint density at radius 1 is 1.38 bits per heavy atom. The van der Waals surface area contributed by atoms with Gasteiger partial charge in [-0.3, -0.25) is 14.0 Å². The van der Waals surface area contributed by atoms with Crippen LogP contribution in [0.5, 0.6) is 0 Å². The summed E-state index contributed by atoms with van der Waals surface area (Å²) in [5.41, 5.74) is 0.936. The van der Waals surface area contributed by atoms with Gasteiger partial charge in [-0.05, 0) is 26.9 Å². The van der Waals surface area contributed by atoms with Crippen LogP contribution in [0, 0.1) is 0 Å². The highest BCUT2D eigenvalue weighted by atomic mass is 16.5. The van der Waals surface area contributed by atoms with E-state index in [9.17, 15) is 4.79 Å². The maximum atomic E-state index is 12.6. The molecule has 3 heterocycles. The first-order valence-electron chi connectivity index (χ1n) is 7.16. The number of aryl methyl sites for hydroxylation is 1. The van der Waals surface area contributed by atoms with Crippen LogP contribution in [0.1, 0.15) is 12.8 Å². The molecule has 0 aliphatic carbocycles. The molecule has 0 unspecified atom stereocenters. The average molecular weight is 291 g/mol. The molecule has 0 spiro atoms. The number of hydrogen-bond acceptors (Lipinski definition) is 5. The fraction of sp³-hybridized carbons (Fsp3) is 0.643. The molecule has 7 heteroatoms. The largest absolute Gasteiger partial charge is 0.381 e. The SMILES string of the molecule is CN(C)C1(Cn2cnc3cn(C)nc3c2=O)CCOCC1. The van der Waals surface area contributed by atoms with Crippen LogP contribution < -0.4 is 5.56 Å². The van der Waals surface area contributed by atoms with Crippen LogP contribution in [-0.2, 0) is 18.3 Å². The Balaban J connectivity index is 2.00. The Hall–Kier alpha value is -1.73. The maximum absolute atomic E-state index is 12.6. The fourth-order valence-corrected chi connectivity index (χ4v) is 2.97. The monoisotopic (exact) mass is 291 g/mol. The summed E-state index contributed by atoms with van der Waals surface area (Å²) in [5, 5.41) is 4.22. The molecular weight excluding hydrogens is 270 g/mol. The van der Waals surface area contributed by atoms with Crippen molar-refractivity contribution >= 4 is 11.0 Å². The first kappa shape index (κ1) is 14.2. The molecule has 2 aromatic rings. The number of ether oxygens (including phenoxy) is 1. The maximum Gasteiger partial charge on any atom is 0.281 e. The zero-order valence-electron chi connectivity index (χ0n) is 12.7. The third kappa shape index (κ3) is 2.47. The number of fused-ring (bicyclic) bond motifs is 1. The lowest BCUT2D eigenvalue weighted by Gasteiger charge is -2.43. The van der Waals surface area contributed by atoms with Crippen LogP contribution in [-0.4, -0.2) is 57.1 Å². The molecule has 1 aliphatic heterocycles. The van der Waals surface area contributed by atoms with Gasteiger partial charge in [-0.2, -0.15) is 5.10 Å². The molecule has 1 saturated heterocycles. The van der Waals surface area contributed by atoms with Gasteiger partial charge in [0.2, 0.25) is 0 Å². The van der Waals surface area contributed by atoms with Crippen LogP contribution in [0.25, 0.3) is 11.0 Å². The second-order valence-electron chi connectivity index (χ2n) is 5.95. The molecule has 0 saturated carbocycles. The van der Waals surface area contributed by atoms with E-state index >= 15 is 0 Å². The Morgan fingerprint density at radius 3 is 2.76 bits per heavy atom. The number of nitrogens with zero attached hydrogens (tertiary/aromatic N) is 5. The topological polar surface area (TPSA) is 65.2 Å². The van der Waals surface area contributed by atoms with Crippen molar-refractivity contribution in [3.05, 3.63) is 22.9 Å². The second kappa shape index (κ2) is 5.23. The summed E-state index contributed by atoms with van der Waals surface area (Å²) in [4.78, 5) is 19.1. The summed E-state index contributed by atoms with van der Waals surface area (Å²) in [6.07, 6.45) is 5.21. The van der Waals surface area contributed by atoms with Crippen molar-refractivity contribution < 1.29 is 4.74 Å². The number of aromatic nitrogens is 4. The number of rotatable bonds is 3. The molecule has 1 aliphatic rings. The van der Waals surface area contributed by atoms with Gasteiger partial charge in [0.25, 0.3) is 5.56 Å². The molecule has 0 atom stereocenters. The van der Waals surface area contributed by atoms with Gasteiger partial charge in [0.05, 0.1) is 12.5 Å². The van der Waals surface area contributed by atoms with Crippen LogP contribution in [0.4, 0.5) is 0 Å². The molecule has 0 bridgehead atoms. The molecular formula is C14H21N5O2. The van der Waals surface area contributed by atoms with Crippen molar-refractivity contribution in [3.63, 3.8) is 0 Å². The third-order valence-corrected chi connectivity index (χ3v) is 4.45. The van der Waals surface area contributed by atoms with E-state index in [2.05, 4.69) is 29.1 Å². The van der Waals surface area contributed by atoms with Gasteiger partial charge in [0.1, 0.15) is 5.52 Å². The van der Waals surface area contributed by atoms with Gasteiger partial charge in [0, 0.05) is 32.3 Å². The molecule has 114 valence electrons. The van der Waals surface area contributed by atoms with E-state index in [1.54, 1.807) is 28.8 Å². The van der Waals surface area contributed by atoms with Gasteiger partial charge < -0.3 is 9.64 Å². The van der Waals surface area contributed by atoms with Crippen molar-refractivity contribution in [2.45, 2.75) is 24.9 Å².